The van der Waals surface area contributed by atoms with Gasteiger partial charge >= 0.3 is 0 Å². The molecule has 3 heteroatoms. The van der Waals surface area contributed by atoms with Gasteiger partial charge in [-0.05, 0) is 6.92 Å². The second-order valence-corrected chi connectivity index (χ2v) is 2.14. The van der Waals surface area contributed by atoms with Gasteiger partial charge in [0.25, 0.3) is 0 Å². The third-order valence-corrected chi connectivity index (χ3v) is 1.59. The van der Waals surface area contributed by atoms with Crippen LogP contribution in [0.25, 0.3) is 0 Å². The molecule has 1 fully saturated rings. The van der Waals surface area contributed by atoms with Crippen LogP contribution in [0.3, 0.4) is 0 Å². The van der Waals surface area contributed by atoms with Crippen molar-refractivity contribution in [3.63, 3.8) is 0 Å². The Hall–Kier alpha value is -0.590. The average molecular weight is 112 g/mol. The summed E-state index contributed by atoms with van der Waals surface area (Å²) in [6.45, 7) is 2.19. The number of hydrogen-bond donors (Lipinski definition) is 2. The van der Waals surface area contributed by atoms with Gasteiger partial charge in [0.2, 0.25) is 0 Å². The summed E-state index contributed by atoms with van der Waals surface area (Å²) in [6.07, 6.45) is 0. The van der Waals surface area contributed by atoms with Crippen LogP contribution in [0.15, 0.2) is 0 Å². The highest BCUT2D eigenvalue weighted by Gasteiger charge is 2.42. The molecule has 0 aromatic heterocycles. The highest BCUT2D eigenvalue weighted by Crippen LogP contribution is 2.16. The number of aliphatic hydroxyl groups is 1. The SMILES string of the molecule is CC1NCC1(O)C#N. The minimum Gasteiger partial charge on any atom is -0.373 e. The third-order valence-electron chi connectivity index (χ3n) is 1.59. The fourth-order valence-electron chi connectivity index (χ4n) is 0.636. The largest absolute Gasteiger partial charge is 0.373 e. The normalized spacial score (nSPS) is 44.9. The first-order chi connectivity index (χ1) is 3.69. The van der Waals surface area contributed by atoms with E-state index in [1.165, 1.54) is 0 Å². The highest BCUT2D eigenvalue weighted by molar-refractivity contribution is 5.14. The number of rotatable bonds is 0. The van der Waals surface area contributed by atoms with E-state index in [9.17, 15) is 0 Å². The van der Waals surface area contributed by atoms with Crippen LogP contribution in [0.2, 0.25) is 0 Å². The number of nitriles is 1. The number of nitrogens with zero attached hydrogens (tertiary/aromatic N) is 1. The van der Waals surface area contributed by atoms with E-state index in [2.05, 4.69) is 5.32 Å². The summed E-state index contributed by atoms with van der Waals surface area (Å²) in [7, 11) is 0. The van der Waals surface area contributed by atoms with Crippen LogP contribution in [-0.2, 0) is 0 Å². The fourth-order valence-corrected chi connectivity index (χ4v) is 0.636. The molecule has 1 heterocycles. The molecule has 0 aromatic rings. The van der Waals surface area contributed by atoms with Crippen molar-refractivity contribution in [3.8, 4) is 6.07 Å². The molecule has 0 saturated carbocycles. The third kappa shape index (κ3) is 0.507. The monoisotopic (exact) mass is 112 g/mol. The lowest BCUT2D eigenvalue weighted by Crippen LogP contribution is -2.65. The minimum absolute atomic E-state index is 0.0625. The van der Waals surface area contributed by atoms with Crippen molar-refractivity contribution < 1.29 is 5.11 Å². The van der Waals surface area contributed by atoms with Gasteiger partial charge in [-0.2, -0.15) is 5.26 Å². The van der Waals surface area contributed by atoms with E-state index in [4.69, 9.17) is 10.4 Å². The molecule has 0 spiro atoms. The topological polar surface area (TPSA) is 56.0 Å². The Morgan fingerprint density at radius 2 is 2.62 bits per heavy atom. The Morgan fingerprint density at radius 3 is 2.62 bits per heavy atom. The molecule has 1 saturated heterocycles. The Bertz CT molecular complexity index is 140. The molecule has 44 valence electrons. The maximum atomic E-state index is 9.06. The van der Waals surface area contributed by atoms with Crippen molar-refractivity contribution in [2.24, 2.45) is 0 Å². The van der Waals surface area contributed by atoms with Crippen LogP contribution in [0.5, 0.6) is 0 Å². The van der Waals surface area contributed by atoms with E-state index in [-0.39, 0.29) is 6.04 Å². The van der Waals surface area contributed by atoms with Gasteiger partial charge in [0, 0.05) is 12.6 Å². The molecule has 1 aliphatic rings. The first kappa shape index (κ1) is 5.54. The molecule has 0 bridgehead atoms. The lowest BCUT2D eigenvalue weighted by Gasteiger charge is -2.38. The van der Waals surface area contributed by atoms with Gasteiger partial charge in [-0.3, -0.25) is 0 Å². The number of hydrogen-bond acceptors (Lipinski definition) is 3. The van der Waals surface area contributed by atoms with Crippen molar-refractivity contribution in [1.29, 1.82) is 5.26 Å². The second-order valence-electron chi connectivity index (χ2n) is 2.14. The molecule has 0 aromatic carbocycles. The molecule has 0 aliphatic carbocycles. The fraction of sp³-hybridized carbons (Fsp3) is 0.800. The maximum Gasteiger partial charge on any atom is 0.178 e. The van der Waals surface area contributed by atoms with E-state index in [1.54, 1.807) is 6.92 Å². The molecular weight excluding hydrogens is 104 g/mol. The van der Waals surface area contributed by atoms with Crippen molar-refractivity contribution >= 4 is 0 Å². The van der Waals surface area contributed by atoms with Gasteiger partial charge < -0.3 is 10.4 Å². The van der Waals surface area contributed by atoms with Crippen molar-refractivity contribution in [3.05, 3.63) is 0 Å². The van der Waals surface area contributed by atoms with Gasteiger partial charge in [0.15, 0.2) is 5.60 Å². The molecule has 2 atom stereocenters. The summed E-state index contributed by atoms with van der Waals surface area (Å²) in [5.41, 5.74) is -1.08. The van der Waals surface area contributed by atoms with E-state index < -0.39 is 5.60 Å². The van der Waals surface area contributed by atoms with Gasteiger partial charge in [-0.25, -0.2) is 0 Å². The summed E-state index contributed by atoms with van der Waals surface area (Å²) in [5.74, 6) is 0. The van der Waals surface area contributed by atoms with Crippen molar-refractivity contribution in [2.75, 3.05) is 6.54 Å². The van der Waals surface area contributed by atoms with Gasteiger partial charge in [0.05, 0.1) is 0 Å². The molecule has 8 heavy (non-hydrogen) atoms. The molecule has 1 rings (SSSR count). The molecule has 3 nitrogen and oxygen atoms in total. The molecule has 0 radical (unpaired) electrons. The van der Waals surface area contributed by atoms with Gasteiger partial charge in [-0.15, -0.1) is 0 Å². The zero-order valence-corrected chi connectivity index (χ0v) is 4.68. The zero-order valence-electron chi connectivity index (χ0n) is 4.68. The maximum absolute atomic E-state index is 9.06. The molecule has 2 unspecified atom stereocenters. The van der Waals surface area contributed by atoms with Gasteiger partial charge in [-0.1, -0.05) is 0 Å². The van der Waals surface area contributed by atoms with Crippen molar-refractivity contribution in [2.45, 2.75) is 18.6 Å². The standard InChI is InChI=1S/C5H8N2O/c1-4-5(8,2-6)3-7-4/h4,7-8H,3H2,1H3. The summed E-state index contributed by atoms with van der Waals surface area (Å²) >= 11 is 0. The lowest BCUT2D eigenvalue weighted by molar-refractivity contribution is 0.00109. The Kier molecular flexibility index (Phi) is 0.999. The summed E-state index contributed by atoms with van der Waals surface area (Å²) in [6, 6.07) is 1.76. The van der Waals surface area contributed by atoms with Crippen molar-refractivity contribution in [1.82, 2.24) is 5.32 Å². The first-order valence-corrected chi connectivity index (χ1v) is 2.56. The number of β-amino-alcohol motifs (C(OH)–C–C–N with tert-alkyl or cyclic N) is 1. The summed E-state index contributed by atoms with van der Waals surface area (Å²) in [4.78, 5) is 0. The highest BCUT2D eigenvalue weighted by atomic mass is 16.3. The van der Waals surface area contributed by atoms with E-state index in [0.717, 1.165) is 0 Å². The van der Waals surface area contributed by atoms with Crippen LogP contribution in [0.4, 0.5) is 0 Å². The van der Waals surface area contributed by atoms with Crippen LogP contribution in [0.1, 0.15) is 6.92 Å². The summed E-state index contributed by atoms with van der Waals surface area (Å²) < 4.78 is 0. The molecular formula is C5H8N2O. The van der Waals surface area contributed by atoms with E-state index in [1.807, 2.05) is 6.07 Å². The van der Waals surface area contributed by atoms with Crippen LogP contribution in [-0.4, -0.2) is 23.3 Å². The van der Waals surface area contributed by atoms with Crippen LogP contribution in [0, 0.1) is 11.3 Å². The Labute approximate surface area is 47.9 Å². The van der Waals surface area contributed by atoms with Gasteiger partial charge in [0.1, 0.15) is 6.07 Å². The predicted molar refractivity (Wildman–Crippen MR) is 28.0 cm³/mol. The Morgan fingerprint density at radius 1 is 2.00 bits per heavy atom. The molecule has 2 N–H and O–H groups in total. The smallest absolute Gasteiger partial charge is 0.178 e. The predicted octanol–water partition coefficient (Wildman–Crippen LogP) is -0.767. The Balaban J connectivity index is 2.59. The van der Waals surface area contributed by atoms with E-state index in [0.29, 0.717) is 6.54 Å². The quantitative estimate of drug-likeness (QED) is 0.405. The van der Waals surface area contributed by atoms with Crippen LogP contribution >= 0.6 is 0 Å². The van der Waals surface area contributed by atoms with Crippen LogP contribution < -0.4 is 5.32 Å². The van der Waals surface area contributed by atoms with E-state index >= 15 is 0 Å². The second kappa shape index (κ2) is 1.44. The minimum atomic E-state index is -1.08. The molecule has 0 amide bonds. The number of nitrogens with one attached hydrogen (secondary N) is 1. The average Bonchev–Trinajstić information content (AvgIpc) is 1.83. The molecule has 1 aliphatic heterocycles. The lowest BCUT2D eigenvalue weighted by atomic mass is 9.89. The summed E-state index contributed by atoms with van der Waals surface area (Å²) in [5, 5.41) is 20.2. The zero-order chi connectivity index (χ0) is 6.20. The first-order valence-electron chi connectivity index (χ1n) is 2.56.